The number of fused-ring (bicyclic) bond motifs is 2. The maximum atomic E-state index is 4.89. The normalized spacial score (nSPS) is 11.3. The highest BCUT2D eigenvalue weighted by molar-refractivity contribution is 5.88. The molecule has 43 heavy (non-hydrogen) atoms. The van der Waals surface area contributed by atoms with Crippen LogP contribution in [0.25, 0.3) is 72.3 Å². The van der Waals surface area contributed by atoms with Crippen LogP contribution in [0.3, 0.4) is 0 Å². The van der Waals surface area contributed by atoms with Gasteiger partial charge in [-0.15, -0.1) is 0 Å². The Morgan fingerprint density at radius 3 is 1.26 bits per heavy atom. The minimum absolute atomic E-state index is 0.959. The number of pyridine rings is 2. The maximum absolute atomic E-state index is 4.89. The Kier molecular flexibility index (Phi) is 6.12. The number of hydrogen-bond acceptors (Lipinski definition) is 2. The van der Waals surface area contributed by atoms with E-state index in [1.807, 2.05) is 18.5 Å². The molecule has 0 amide bonds. The van der Waals surface area contributed by atoms with Gasteiger partial charge in [0.05, 0.1) is 22.8 Å². The Balaban J connectivity index is 1.16. The third-order valence-electron chi connectivity index (χ3n) is 8.10. The summed E-state index contributed by atoms with van der Waals surface area (Å²) in [7, 11) is 0. The topological polar surface area (TPSA) is 30.7 Å². The van der Waals surface area contributed by atoms with Crippen molar-refractivity contribution in [3.63, 3.8) is 0 Å². The van der Waals surface area contributed by atoms with Gasteiger partial charge in [0.1, 0.15) is 0 Å². The largest absolute Gasteiger partial charge is 0.309 e. The first-order valence-corrected chi connectivity index (χ1v) is 14.5. The van der Waals surface area contributed by atoms with Crippen LogP contribution in [0.4, 0.5) is 0 Å². The molecule has 0 bridgehead atoms. The van der Waals surface area contributed by atoms with Gasteiger partial charge in [0.15, 0.2) is 0 Å². The molecule has 8 rings (SSSR count). The molecular formula is C40H27N3. The highest BCUT2D eigenvalue weighted by atomic mass is 15.0. The monoisotopic (exact) mass is 549 g/mol. The summed E-state index contributed by atoms with van der Waals surface area (Å²) in [6.07, 6.45) is 3.95. The standard InChI is InChI=1S/C40H27N3/c1-2-12-36(13-3-1)43-39(34-18-20-37(41-26-34)32-16-14-28-8-4-6-10-30(28)24-32)22-23-40(43)35-19-21-38(42-27-35)33-17-15-29-9-5-7-11-31(29)25-33/h1-27H. The van der Waals surface area contributed by atoms with Crippen molar-refractivity contribution in [1.29, 1.82) is 0 Å². The number of aromatic nitrogens is 3. The second-order valence-electron chi connectivity index (χ2n) is 10.8. The van der Waals surface area contributed by atoms with Gasteiger partial charge in [-0.3, -0.25) is 9.97 Å². The quantitative estimate of drug-likeness (QED) is 0.214. The zero-order valence-electron chi connectivity index (χ0n) is 23.4. The molecule has 0 radical (unpaired) electrons. The summed E-state index contributed by atoms with van der Waals surface area (Å²) >= 11 is 0. The van der Waals surface area contributed by atoms with Crippen LogP contribution >= 0.6 is 0 Å². The highest BCUT2D eigenvalue weighted by Crippen LogP contribution is 2.34. The number of benzene rings is 5. The molecular weight excluding hydrogens is 522 g/mol. The Bertz CT molecular complexity index is 2070. The average molecular weight is 550 g/mol. The summed E-state index contributed by atoms with van der Waals surface area (Å²) < 4.78 is 2.29. The van der Waals surface area contributed by atoms with Crippen LogP contribution in [-0.2, 0) is 0 Å². The molecule has 3 heterocycles. The van der Waals surface area contributed by atoms with Gasteiger partial charge in [0, 0.05) is 40.3 Å². The van der Waals surface area contributed by atoms with Crippen LogP contribution < -0.4 is 0 Å². The highest BCUT2D eigenvalue weighted by Gasteiger charge is 2.15. The smallest absolute Gasteiger partial charge is 0.0702 e. The van der Waals surface area contributed by atoms with Gasteiger partial charge in [-0.2, -0.15) is 0 Å². The van der Waals surface area contributed by atoms with Crippen LogP contribution in [0, 0.1) is 0 Å². The minimum Gasteiger partial charge on any atom is -0.309 e. The third kappa shape index (κ3) is 4.67. The first-order valence-electron chi connectivity index (χ1n) is 14.5. The molecule has 8 aromatic rings. The summed E-state index contributed by atoms with van der Waals surface area (Å²) in [5.41, 5.74) is 9.51. The van der Waals surface area contributed by atoms with E-state index in [1.54, 1.807) is 0 Å². The fraction of sp³-hybridized carbons (Fsp3) is 0. The van der Waals surface area contributed by atoms with E-state index in [4.69, 9.17) is 9.97 Å². The van der Waals surface area contributed by atoms with E-state index in [0.717, 1.165) is 50.7 Å². The molecule has 0 aliphatic rings. The first kappa shape index (κ1) is 25.0. The van der Waals surface area contributed by atoms with E-state index < -0.39 is 0 Å². The van der Waals surface area contributed by atoms with Gasteiger partial charge in [-0.1, -0.05) is 91.0 Å². The Morgan fingerprint density at radius 1 is 0.349 bits per heavy atom. The lowest BCUT2D eigenvalue weighted by molar-refractivity contribution is 1.09. The molecule has 0 N–H and O–H groups in total. The Hall–Kier alpha value is -5.80. The molecule has 0 spiro atoms. The molecule has 3 aromatic heterocycles. The van der Waals surface area contributed by atoms with E-state index >= 15 is 0 Å². The molecule has 0 saturated heterocycles. The van der Waals surface area contributed by atoms with Crippen molar-refractivity contribution in [3.05, 3.63) is 164 Å². The SMILES string of the molecule is c1ccc(-n2c(-c3ccc(-c4ccc5ccccc5c4)nc3)ccc2-c2ccc(-c3ccc4ccccc4c3)nc2)cc1. The molecule has 3 heteroatoms. The minimum atomic E-state index is 0.959. The van der Waals surface area contributed by atoms with Crippen molar-refractivity contribution in [1.82, 2.24) is 14.5 Å². The molecule has 0 saturated carbocycles. The molecule has 0 fully saturated rings. The van der Waals surface area contributed by atoms with Gasteiger partial charge in [0.25, 0.3) is 0 Å². The zero-order chi connectivity index (χ0) is 28.6. The molecule has 202 valence electrons. The molecule has 0 atom stereocenters. The van der Waals surface area contributed by atoms with Gasteiger partial charge >= 0.3 is 0 Å². The van der Waals surface area contributed by atoms with Gasteiger partial charge in [-0.05, 0) is 82.2 Å². The van der Waals surface area contributed by atoms with Gasteiger partial charge in [0.2, 0.25) is 0 Å². The van der Waals surface area contributed by atoms with Crippen molar-refractivity contribution in [2.75, 3.05) is 0 Å². The predicted octanol–water partition coefficient (Wildman–Crippen LogP) is 10.2. The Morgan fingerprint density at radius 2 is 0.791 bits per heavy atom. The average Bonchev–Trinajstić information content (AvgIpc) is 3.54. The molecule has 0 aliphatic carbocycles. The van der Waals surface area contributed by atoms with E-state index in [9.17, 15) is 0 Å². The molecule has 0 aliphatic heterocycles. The van der Waals surface area contributed by atoms with Crippen molar-refractivity contribution in [2.24, 2.45) is 0 Å². The van der Waals surface area contributed by atoms with E-state index in [2.05, 4.69) is 150 Å². The predicted molar refractivity (Wildman–Crippen MR) is 178 cm³/mol. The van der Waals surface area contributed by atoms with Crippen molar-refractivity contribution in [2.45, 2.75) is 0 Å². The van der Waals surface area contributed by atoms with Crippen molar-refractivity contribution in [3.8, 4) is 50.7 Å². The number of rotatable bonds is 5. The van der Waals surface area contributed by atoms with Crippen LogP contribution in [-0.4, -0.2) is 14.5 Å². The summed E-state index contributed by atoms with van der Waals surface area (Å²) in [5, 5.41) is 4.90. The molecule has 5 aromatic carbocycles. The number of hydrogen-bond donors (Lipinski definition) is 0. The van der Waals surface area contributed by atoms with Gasteiger partial charge < -0.3 is 4.57 Å². The second kappa shape index (κ2) is 10.6. The van der Waals surface area contributed by atoms with E-state index in [0.29, 0.717) is 0 Å². The molecule has 0 unspecified atom stereocenters. The number of para-hydroxylation sites is 1. The van der Waals surface area contributed by atoms with E-state index in [-0.39, 0.29) is 0 Å². The Labute approximate surface area is 250 Å². The number of nitrogens with zero attached hydrogens (tertiary/aromatic N) is 3. The fourth-order valence-electron chi connectivity index (χ4n) is 5.87. The van der Waals surface area contributed by atoms with Gasteiger partial charge in [-0.25, -0.2) is 0 Å². The lowest BCUT2D eigenvalue weighted by atomic mass is 10.0. The lowest BCUT2D eigenvalue weighted by Crippen LogP contribution is -2.00. The fourth-order valence-corrected chi connectivity index (χ4v) is 5.87. The first-order chi connectivity index (χ1) is 21.3. The summed E-state index contributed by atoms with van der Waals surface area (Å²) in [5.74, 6) is 0. The van der Waals surface area contributed by atoms with Crippen LogP contribution in [0.15, 0.2) is 164 Å². The summed E-state index contributed by atoms with van der Waals surface area (Å²) in [6.45, 7) is 0. The van der Waals surface area contributed by atoms with Crippen molar-refractivity contribution >= 4 is 21.5 Å². The third-order valence-corrected chi connectivity index (χ3v) is 8.10. The lowest BCUT2D eigenvalue weighted by Gasteiger charge is -2.15. The van der Waals surface area contributed by atoms with E-state index in [1.165, 1.54) is 21.5 Å². The van der Waals surface area contributed by atoms with Crippen LogP contribution in [0.1, 0.15) is 0 Å². The summed E-state index contributed by atoms with van der Waals surface area (Å²) in [4.78, 5) is 9.78. The maximum Gasteiger partial charge on any atom is 0.0702 e. The van der Waals surface area contributed by atoms with Crippen molar-refractivity contribution < 1.29 is 0 Å². The summed E-state index contributed by atoms with van der Waals surface area (Å²) in [6, 6.07) is 53.2. The molecule has 3 nitrogen and oxygen atoms in total. The van der Waals surface area contributed by atoms with Crippen LogP contribution in [0.2, 0.25) is 0 Å². The van der Waals surface area contributed by atoms with Crippen LogP contribution in [0.5, 0.6) is 0 Å². The second-order valence-corrected chi connectivity index (χ2v) is 10.8. The zero-order valence-corrected chi connectivity index (χ0v) is 23.4.